The van der Waals surface area contributed by atoms with E-state index < -0.39 is 7.42 Å². The van der Waals surface area contributed by atoms with Gasteiger partial charge >= 0.3 is 0 Å². The number of hydrogen-bond donors (Lipinski definition) is 0. The first-order valence-corrected chi connectivity index (χ1v) is 6.10. The van der Waals surface area contributed by atoms with Crippen LogP contribution in [0.3, 0.4) is 0 Å². The first kappa shape index (κ1) is 8.09. The van der Waals surface area contributed by atoms with Gasteiger partial charge in [0.25, 0.3) is 7.42 Å². The largest absolute Gasteiger partial charge is 0.275 e. The van der Waals surface area contributed by atoms with Crippen LogP contribution in [-0.2, 0) is 0 Å². The van der Waals surface area contributed by atoms with Crippen molar-refractivity contribution < 1.29 is 0 Å². The number of halogens is 3. The van der Waals surface area contributed by atoms with E-state index in [9.17, 15) is 0 Å². The highest BCUT2D eigenvalue weighted by Gasteiger charge is 2.06. The molecular formula is C3H6Cl3Si. The zero-order chi connectivity index (χ0) is 5.86. The first-order valence-electron chi connectivity index (χ1n) is 1.94. The van der Waals surface area contributed by atoms with Crippen LogP contribution in [0.5, 0.6) is 0 Å². The summed E-state index contributed by atoms with van der Waals surface area (Å²) < 4.78 is 0. The standard InChI is InChI=1S/C3H6Cl3Si/c1-3(4)2-7(5)6/h3H,2H2,1H3. The van der Waals surface area contributed by atoms with E-state index in [1.165, 1.54) is 0 Å². The van der Waals surface area contributed by atoms with Crippen molar-refractivity contribution in [3.63, 3.8) is 0 Å². The van der Waals surface area contributed by atoms with Gasteiger partial charge in [-0.1, -0.05) is 0 Å². The predicted molar refractivity (Wildman–Crippen MR) is 37.6 cm³/mol. The molecule has 1 radical (unpaired) electrons. The average molecular weight is 177 g/mol. The van der Waals surface area contributed by atoms with Crippen molar-refractivity contribution >= 4 is 41.2 Å². The third-order valence-corrected chi connectivity index (χ3v) is 2.70. The van der Waals surface area contributed by atoms with Crippen LogP contribution in [0.4, 0.5) is 0 Å². The summed E-state index contributed by atoms with van der Waals surface area (Å²) in [5.74, 6) is 0. The zero-order valence-electron chi connectivity index (χ0n) is 3.92. The Morgan fingerprint density at radius 2 is 2.00 bits per heavy atom. The first-order chi connectivity index (χ1) is 3.13. The van der Waals surface area contributed by atoms with E-state index in [1.54, 1.807) is 0 Å². The summed E-state index contributed by atoms with van der Waals surface area (Å²) in [5, 5.41) is 0.129. The van der Waals surface area contributed by atoms with Gasteiger partial charge in [-0.2, -0.15) is 0 Å². The van der Waals surface area contributed by atoms with Crippen LogP contribution in [0.15, 0.2) is 0 Å². The summed E-state index contributed by atoms with van der Waals surface area (Å²) in [4.78, 5) is 0. The molecule has 0 amide bonds. The summed E-state index contributed by atoms with van der Waals surface area (Å²) in [6.45, 7) is 1.89. The van der Waals surface area contributed by atoms with E-state index in [-0.39, 0.29) is 5.38 Å². The highest BCUT2D eigenvalue weighted by Crippen LogP contribution is 2.10. The third kappa shape index (κ3) is 7.09. The summed E-state index contributed by atoms with van der Waals surface area (Å²) in [6, 6.07) is 0.759. The van der Waals surface area contributed by atoms with Crippen LogP contribution in [-0.4, -0.2) is 12.8 Å². The smallest absolute Gasteiger partial charge is 0.147 e. The van der Waals surface area contributed by atoms with E-state index in [2.05, 4.69) is 0 Å². The van der Waals surface area contributed by atoms with Crippen molar-refractivity contribution in [3.05, 3.63) is 0 Å². The average Bonchev–Trinajstić information content (AvgIpc) is 1.27. The summed E-state index contributed by atoms with van der Waals surface area (Å²) >= 11 is 16.4. The molecule has 1 atom stereocenters. The molecule has 0 spiro atoms. The van der Waals surface area contributed by atoms with E-state index in [0.29, 0.717) is 0 Å². The fraction of sp³-hybridized carbons (Fsp3) is 1.00. The maximum absolute atomic E-state index is 5.53. The molecular weight excluding hydrogens is 170 g/mol. The highest BCUT2D eigenvalue weighted by molar-refractivity contribution is 7.33. The Balaban J connectivity index is 2.95. The molecule has 0 aliphatic heterocycles. The molecule has 0 saturated heterocycles. The lowest BCUT2D eigenvalue weighted by Gasteiger charge is -1.96. The van der Waals surface area contributed by atoms with Crippen LogP contribution >= 0.6 is 33.8 Å². The Labute approximate surface area is 59.8 Å². The molecule has 7 heavy (non-hydrogen) atoms. The molecule has 0 heterocycles. The minimum atomic E-state index is -1.12. The number of alkyl halides is 1. The molecule has 1 unspecified atom stereocenters. The van der Waals surface area contributed by atoms with E-state index in [4.69, 9.17) is 33.8 Å². The molecule has 0 aromatic carbocycles. The normalized spacial score (nSPS) is 15.0. The van der Waals surface area contributed by atoms with Crippen LogP contribution < -0.4 is 0 Å². The minimum absolute atomic E-state index is 0.129. The van der Waals surface area contributed by atoms with E-state index >= 15 is 0 Å². The molecule has 0 aliphatic carbocycles. The fourth-order valence-corrected chi connectivity index (χ4v) is 2.96. The molecule has 0 bridgehead atoms. The van der Waals surface area contributed by atoms with E-state index in [0.717, 1.165) is 6.04 Å². The molecule has 43 valence electrons. The second kappa shape index (κ2) is 4.01. The maximum Gasteiger partial charge on any atom is 0.275 e. The van der Waals surface area contributed by atoms with Crippen molar-refractivity contribution in [1.82, 2.24) is 0 Å². The summed E-state index contributed by atoms with van der Waals surface area (Å²) in [6.07, 6.45) is 0. The van der Waals surface area contributed by atoms with Gasteiger partial charge in [-0.3, -0.25) is 0 Å². The second-order valence-electron chi connectivity index (χ2n) is 1.32. The lowest BCUT2D eigenvalue weighted by atomic mass is 10.6. The zero-order valence-corrected chi connectivity index (χ0v) is 7.19. The van der Waals surface area contributed by atoms with Gasteiger partial charge in [0.1, 0.15) is 0 Å². The molecule has 4 heteroatoms. The lowest BCUT2D eigenvalue weighted by molar-refractivity contribution is 1.09. The van der Waals surface area contributed by atoms with Gasteiger partial charge in [-0.15, -0.1) is 33.8 Å². The molecule has 0 nitrogen and oxygen atoms in total. The number of hydrogen-bond acceptors (Lipinski definition) is 0. The predicted octanol–water partition coefficient (Wildman–Crippen LogP) is 2.58. The Bertz CT molecular complexity index is 39.4. The van der Waals surface area contributed by atoms with Crippen LogP contribution in [0.25, 0.3) is 0 Å². The van der Waals surface area contributed by atoms with Crippen molar-refractivity contribution in [2.45, 2.75) is 18.3 Å². The second-order valence-corrected chi connectivity index (χ2v) is 6.47. The lowest BCUT2D eigenvalue weighted by Crippen LogP contribution is -1.99. The third-order valence-electron chi connectivity index (χ3n) is 0.436. The van der Waals surface area contributed by atoms with Crippen molar-refractivity contribution in [1.29, 1.82) is 0 Å². The van der Waals surface area contributed by atoms with Gasteiger partial charge in [-0.25, -0.2) is 0 Å². The van der Waals surface area contributed by atoms with E-state index in [1.807, 2.05) is 6.92 Å². The molecule has 0 fully saturated rings. The fourth-order valence-electron chi connectivity index (χ4n) is 0.213. The minimum Gasteiger partial charge on any atom is -0.147 e. The van der Waals surface area contributed by atoms with Gasteiger partial charge in [-0.05, 0) is 13.0 Å². The number of rotatable bonds is 2. The van der Waals surface area contributed by atoms with Gasteiger partial charge in [0, 0.05) is 5.38 Å². The topological polar surface area (TPSA) is 0 Å². The molecule has 0 saturated carbocycles. The maximum atomic E-state index is 5.53. The SMILES string of the molecule is CC(Cl)C[Si](Cl)Cl. The Kier molecular flexibility index (Phi) is 4.64. The summed E-state index contributed by atoms with van der Waals surface area (Å²) in [5.41, 5.74) is 0. The molecule has 0 rings (SSSR count). The van der Waals surface area contributed by atoms with Gasteiger partial charge < -0.3 is 0 Å². The monoisotopic (exact) mass is 175 g/mol. The Morgan fingerprint density at radius 3 is 2.00 bits per heavy atom. The van der Waals surface area contributed by atoms with Crippen molar-refractivity contribution in [2.24, 2.45) is 0 Å². The molecule has 0 aliphatic rings. The molecule has 0 aromatic heterocycles. The Hall–Kier alpha value is 1.09. The Morgan fingerprint density at radius 1 is 1.57 bits per heavy atom. The molecule has 0 aromatic rings. The van der Waals surface area contributed by atoms with Gasteiger partial charge in [0.05, 0.1) is 0 Å². The van der Waals surface area contributed by atoms with Crippen LogP contribution in [0.1, 0.15) is 6.92 Å². The van der Waals surface area contributed by atoms with Gasteiger partial charge in [0.2, 0.25) is 0 Å². The van der Waals surface area contributed by atoms with Crippen LogP contribution in [0, 0.1) is 0 Å². The highest BCUT2D eigenvalue weighted by atomic mass is 35.7. The van der Waals surface area contributed by atoms with Gasteiger partial charge in [0.15, 0.2) is 0 Å². The quantitative estimate of drug-likeness (QED) is 0.345. The van der Waals surface area contributed by atoms with Crippen LogP contribution in [0.2, 0.25) is 6.04 Å². The van der Waals surface area contributed by atoms with Crippen molar-refractivity contribution in [2.75, 3.05) is 0 Å². The molecule has 0 N–H and O–H groups in total. The van der Waals surface area contributed by atoms with Crippen molar-refractivity contribution in [3.8, 4) is 0 Å². The summed E-state index contributed by atoms with van der Waals surface area (Å²) in [7, 11) is -1.12.